The Morgan fingerprint density at radius 1 is 0.800 bits per heavy atom. The van der Waals surface area contributed by atoms with Gasteiger partial charge in [0.2, 0.25) is 5.75 Å². The van der Waals surface area contributed by atoms with Crippen LogP contribution in [0.1, 0.15) is 22.3 Å². The first-order valence-corrected chi connectivity index (χ1v) is 11.4. The molecule has 1 heterocycles. The van der Waals surface area contributed by atoms with Crippen molar-refractivity contribution in [1.82, 2.24) is 4.98 Å². The van der Waals surface area contributed by atoms with Gasteiger partial charge in [0.15, 0.2) is 11.5 Å². The Hall–Kier alpha value is -3.99. The Kier molecular flexibility index (Phi) is 9.13. The summed E-state index contributed by atoms with van der Waals surface area (Å²) in [6, 6.07) is 11.3. The van der Waals surface area contributed by atoms with Gasteiger partial charge in [-0.2, -0.15) is 0 Å². The quantitative estimate of drug-likeness (QED) is 0.273. The molecule has 0 aliphatic carbocycles. The molecule has 2 aromatic carbocycles. The minimum Gasteiger partial charge on any atom is -0.493 e. The van der Waals surface area contributed by atoms with Crippen LogP contribution in [0.15, 0.2) is 74.6 Å². The third kappa shape index (κ3) is 5.75. The average molecular weight is 471 g/mol. The molecule has 0 spiro atoms. The summed E-state index contributed by atoms with van der Waals surface area (Å²) in [6.45, 7) is 12.4. The molecule has 181 valence electrons. The maximum atomic E-state index is 6.34. The van der Waals surface area contributed by atoms with E-state index in [-0.39, 0.29) is 0 Å². The van der Waals surface area contributed by atoms with Gasteiger partial charge in [-0.15, -0.1) is 19.7 Å². The van der Waals surface area contributed by atoms with E-state index in [4.69, 9.17) is 18.9 Å². The van der Waals surface area contributed by atoms with E-state index in [9.17, 15) is 0 Å². The monoisotopic (exact) mass is 470 g/mol. The van der Waals surface area contributed by atoms with E-state index in [1.807, 2.05) is 42.5 Å². The molecule has 0 amide bonds. The van der Waals surface area contributed by atoms with Crippen molar-refractivity contribution in [1.29, 1.82) is 0 Å². The molecule has 1 aromatic heterocycles. The second-order valence-electron chi connectivity index (χ2n) is 7.80. The van der Waals surface area contributed by atoms with Crippen LogP contribution in [0.2, 0.25) is 0 Å². The van der Waals surface area contributed by atoms with Gasteiger partial charge in [0.05, 0.1) is 21.3 Å². The summed E-state index contributed by atoms with van der Waals surface area (Å²) in [4.78, 5) is 4.09. The zero-order chi connectivity index (χ0) is 25.2. The van der Waals surface area contributed by atoms with E-state index >= 15 is 0 Å². The third-order valence-electron chi connectivity index (χ3n) is 5.67. The average Bonchev–Trinajstić information content (AvgIpc) is 2.89. The van der Waals surface area contributed by atoms with Crippen LogP contribution in [0.25, 0.3) is 11.1 Å². The highest BCUT2D eigenvalue weighted by molar-refractivity contribution is 5.76. The van der Waals surface area contributed by atoms with Gasteiger partial charge in [0.1, 0.15) is 12.4 Å². The van der Waals surface area contributed by atoms with Gasteiger partial charge < -0.3 is 18.9 Å². The summed E-state index contributed by atoms with van der Waals surface area (Å²) in [5.41, 5.74) is 6.06. The van der Waals surface area contributed by atoms with E-state index in [2.05, 4.69) is 30.8 Å². The first-order valence-electron chi connectivity index (χ1n) is 11.4. The molecule has 0 N–H and O–H groups in total. The molecule has 1 radical (unpaired) electrons. The largest absolute Gasteiger partial charge is 0.493 e. The van der Waals surface area contributed by atoms with Crippen LogP contribution in [-0.2, 0) is 25.9 Å². The summed E-state index contributed by atoms with van der Waals surface area (Å²) >= 11 is 0. The molecule has 35 heavy (non-hydrogen) atoms. The number of allylic oxidation sites excluding steroid dienone is 3. The van der Waals surface area contributed by atoms with Gasteiger partial charge in [0, 0.05) is 24.0 Å². The SMILES string of the molecule is C=CCc1c(OCc2ccncc2)[c]c(-c2cc(OC)c(OC)c(OC)c2)c(CC=C)c1CC=C. The van der Waals surface area contributed by atoms with E-state index in [1.54, 1.807) is 33.7 Å². The fourth-order valence-electron chi connectivity index (χ4n) is 4.08. The number of rotatable bonds is 13. The lowest BCUT2D eigenvalue weighted by Gasteiger charge is -2.22. The lowest BCUT2D eigenvalue weighted by atomic mass is 9.86. The fraction of sp³-hybridized carbons (Fsp3) is 0.233. The van der Waals surface area contributed by atoms with Gasteiger partial charge in [-0.25, -0.2) is 0 Å². The first kappa shape index (κ1) is 25.6. The van der Waals surface area contributed by atoms with Crippen molar-refractivity contribution in [2.24, 2.45) is 0 Å². The molecular weight excluding hydrogens is 438 g/mol. The Balaban J connectivity index is 2.28. The van der Waals surface area contributed by atoms with Crippen LogP contribution in [0.3, 0.4) is 0 Å². The second kappa shape index (κ2) is 12.5. The number of pyridine rings is 1. The number of hydrogen-bond donors (Lipinski definition) is 0. The zero-order valence-electron chi connectivity index (χ0n) is 20.7. The topological polar surface area (TPSA) is 49.8 Å². The third-order valence-corrected chi connectivity index (χ3v) is 5.67. The lowest BCUT2D eigenvalue weighted by molar-refractivity contribution is 0.302. The minimum atomic E-state index is 0.395. The molecule has 0 atom stereocenters. The summed E-state index contributed by atoms with van der Waals surface area (Å²) in [7, 11) is 4.80. The standard InChI is InChI=1S/C30H32NO4/c1-7-10-23-24(11-8-2)26(22-17-28(32-4)30(34-6)29(18-22)33-5)19-27(25(23)12-9-3)35-20-21-13-15-31-16-14-21/h7-9,13-18H,1-3,10-12,20H2,4-6H3. The predicted molar refractivity (Wildman–Crippen MR) is 141 cm³/mol. The highest BCUT2D eigenvalue weighted by Crippen LogP contribution is 2.44. The smallest absolute Gasteiger partial charge is 0.203 e. The summed E-state index contributed by atoms with van der Waals surface area (Å²) in [5, 5.41) is 0. The molecule has 3 rings (SSSR count). The van der Waals surface area contributed by atoms with Gasteiger partial charge >= 0.3 is 0 Å². The van der Waals surface area contributed by atoms with Crippen molar-refractivity contribution in [2.75, 3.05) is 21.3 Å². The van der Waals surface area contributed by atoms with Crippen molar-refractivity contribution in [2.45, 2.75) is 25.9 Å². The Labute approximate surface area is 208 Å². The van der Waals surface area contributed by atoms with E-state index in [0.717, 1.165) is 33.4 Å². The first-order chi connectivity index (χ1) is 17.1. The number of hydrogen-bond acceptors (Lipinski definition) is 5. The number of ether oxygens (including phenoxy) is 4. The van der Waals surface area contributed by atoms with Crippen LogP contribution < -0.4 is 18.9 Å². The van der Waals surface area contributed by atoms with Crippen molar-refractivity contribution in [3.8, 4) is 34.1 Å². The molecule has 5 nitrogen and oxygen atoms in total. The predicted octanol–water partition coefficient (Wildman–Crippen LogP) is 6.34. The number of nitrogens with zero attached hydrogens (tertiary/aromatic N) is 1. The van der Waals surface area contributed by atoms with Crippen LogP contribution in [0.5, 0.6) is 23.0 Å². The maximum absolute atomic E-state index is 6.34. The second-order valence-corrected chi connectivity index (χ2v) is 7.80. The lowest BCUT2D eigenvalue weighted by Crippen LogP contribution is -2.07. The van der Waals surface area contributed by atoms with Crippen molar-refractivity contribution in [3.63, 3.8) is 0 Å². The number of aromatic nitrogens is 1. The van der Waals surface area contributed by atoms with Crippen molar-refractivity contribution in [3.05, 3.63) is 103 Å². The highest BCUT2D eigenvalue weighted by atomic mass is 16.5. The Bertz CT molecular complexity index is 1160. The molecule has 5 heteroatoms. The summed E-state index contributed by atoms with van der Waals surface area (Å²) < 4.78 is 23.1. The van der Waals surface area contributed by atoms with Crippen LogP contribution in [0, 0.1) is 6.07 Å². The van der Waals surface area contributed by atoms with Crippen LogP contribution in [-0.4, -0.2) is 26.3 Å². The summed E-state index contributed by atoms with van der Waals surface area (Å²) in [6.07, 6.45) is 11.2. The molecule has 3 aromatic rings. The molecular formula is C30H32NO4. The molecule has 0 aliphatic heterocycles. The molecule has 0 unspecified atom stereocenters. The Morgan fingerprint density at radius 2 is 1.37 bits per heavy atom. The van der Waals surface area contributed by atoms with Crippen molar-refractivity contribution < 1.29 is 18.9 Å². The van der Waals surface area contributed by atoms with Crippen molar-refractivity contribution >= 4 is 0 Å². The fourth-order valence-corrected chi connectivity index (χ4v) is 4.08. The van der Waals surface area contributed by atoms with Gasteiger partial charge in [-0.1, -0.05) is 18.2 Å². The minimum absolute atomic E-state index is 0.395. The molecule has 0 saturated carbocycles. The van der Waals surface area contributed by atoms with E-state index in [0.29, 0.717) is 48.9 Å². The molecule has 0 aliphatic rings. The number of benzene rings is 2. The van der Waals surface area contributed by atoms with Gasteiger partial charge in [-0.3, -0.25) is 4.98 Å². The normalized spacial score (nSPS) is 10.4. The molecule has 0 saturated heterocycles. The van der Waals surface area contributed by atoms with Gasteiger partial charge in [0.25, 0.3) is 0 Å². The maximum Gasteiger partial charge on any atom is 0.203 e. The van der Waals surface area contributed by atoms with Gasteiger partial charge in [-0.05, 0) is 71.3 Å². The van der Waals surface area contributed by atoms with Crippen LogP contribution >= 0.6 is 0 Å². The molecule has 0 bridgehead atoms. The molecule has 0 fully saturated rings. The van der Waals surface area contributed by atoms with E-state index in [1.165, 1.54) is 0 Å². The van der Waals surface area contributed by atoms with Crippen LogP contribution in [0.4, 0.5) is 0 Å². The number of methoxy groups -OCH3 is 3. The highest BCUT2D eigenvalue weighted by Gasteiger charge is 2.21. The Morgan fingerprint density at radius 3 is 1.91 bits per heavy atom. The summed E-state index contributed by atoms with van der Waals surface area (Å²) in [5.74, 6) is 2.35. The zero-order valence-corrected chi connectivity index (χ0v) is 20.7. The van der Waals surface area contributed by atoms with E-state index < -0.39 is 0 Å².